The average molecular weight is 193 g/mol. The number of phenolic OH excluding ortho intramolecular Hbond substituents is 1. The van der Waals surface area contributed by atoms with Gasteiger partial charge >= 0.3 is 0 Å². The van der Waals surface area contributed by atoms with Crippen LogP contribution in [0.1, 0.15) is 26.3 Å². The molecule has 0 saturated carbocycles. The maximum absolute atomic E-state index is 9.31. The van der Waals surface area contributed by atoms with Gasteiger partial charge in [-0.3, -0.25) is 4.90 Å². The van der Waals surface area contributed by atoms with Crippen LogP contribution in [0.15, 0.2) is 24.3 Å². The predicted octanol–water partition coefficient (Wildman–Crippen LogP) is 2.62. The highest BCUT2D eigenvalue weighted by Gasteiger charge is 2.16. The smallest absolute Gasteiger partial charge is 0.115 e. The standard InChI is InChI=1S/C12H19NO/c1-12(2,3)13(4)9-10-6-5-7-11(14)8-10/h5-8,14H,9H2,1-4H3. The highest BCUT2D eigenvalue weighted by atomic mass is 16.3. The van der Waals surface area contributed by atoms with Gasteiger partial charge in [-0.15, -0.1) is 0 Å². The van der Waals surface area contributed by atoms with Gasteiger partial charge in [-0.05, 0) is 45.5 Å². The molecule has 0 aliphatic heterocycles. The molecule has 1 N–H and O–H groups in total. The molecule has 0 amide bonds. The van der Waals surface area contributed by atoms with E-state index in [2.05, 4.69) is 32.7 Å². The van der Waals surface area contributed by atoms with Crippen molar-refractivity contribution in [3.63, 3.8) is 0 Å². The fourth-order valence-corrected chi connectivity index (χ4v) is 1.17. The van der Waals surface area contributed by atoms with E-state index in [4.69, 9.17) is 0 Å². The van der Waals surface area contributed by atoms with E-state index in [0.717, 1.165) is 12.1 Å². The van der Waals surface area contributed by atoms with Gasteiger partial charge in [0.2, 0.25) is 0 Å². The molecule has 0 unspecified atom stereocenters. The topological polar surface area (TPSA) is 23.5 Å². The molecule has 1 aromatic carbocycles. The normalized spacial score (nSPS) is 12.1. The third-order valence-corrected chi connectivity index (χ3v) is 2.48. The molecule has 1 aromatic rings. The maximum atomic E-state index is 9.31. The van der Waals surface area contributed by atoms with Crippen molar-refractivity contribution < 1.29 is 5.11 Å². The van der Waals surface area contributed by atoms with Gasteiger partial charge in [0.15, 0.2) is 0 Å². The summed E-state index contributed by atoms with van der Waals surface area (Å²) in [5.41, 5.74) is 1.30. The van der Waals surface area contributed by atoms with Gasteiger partial charge in [-0.2, -0.15) is 0 Å². The summed E-state index contributed by atoms with van der Waals surface area (Å²) in [4.78, 5) is 2.25. The van der Waals surface area contributed by atoms with Crippen molar-refractivity contribution in [2.75, 3.05) is 7.05 Å². The summed E-state index contributed by atoms with van der Waals surface area (Å²) in [5.74, 6) is 0.338. The van der Waals surface area contributed by atoms with Crippen LogP contribution in [0.2, 0.25) is 0 Å². The molecule has 0 aliphatic carbocycles. The third-order valence-electron chi connectivity index (χ3n) is 2.48. The van der Waals surface area contributed by atoms with Crippen LogP contribution in [0, 0.1) is 0 Å². The Hall–Kier alpha value is -1.02. The zero-order valence-corrected chi connectivity index (χ0v) is 9.41. The molecule has 0 saturated heterocycles. The lowest BCUT2D eigenvalue weighted by Gasteiger charge is -2.31. The second-order valence-electron chi connectivity index (χ2n) is 4.70. The highest BCUT2D eigenvalue weighted by molar-refractivity contribution is 5.27. The zero-order valence-electron chi connectivity index (χ0n) is 9.41. The maximum Gasteiger partial charge on any atom is 0.115 e. The van der Waals surface area contributed by atoms with Crippen molar-refractivity contribution in [3.05, 3.63) is 29.8 Å². The first-order valence-electron chi connectivity index (χ1n) is 4.89. The van der Waals surface area contributed by atoms with E-state index in [1.165, 1.54) is 0 Å². The molecule has 0 bridgehead atoms. The summed E-state index contributed by atoms with van der Waals surface area (Å²) < 4.78 is 0. The Morgan fingerprint density at radius 3 is 2.43 bits per heavy atom. The number of rotatable bonds is 2. The first kappa shape index (κ1) is 11.1. The summed E-state index contributed by atoms with van der Waals surface area (Å²) in [7, 11) is 2.09. The molecule has 78 valence electrons. The first-order chi connectivity index (χ1) is 6.39. The fraction of sp³-hybridized carbons (Fsp3) is 0.500. The van der Waals surface area contributed by atoms with Crippen LogP contribution < -0.4 is 0 Å². The van der Waals surface area contributed by atoms with E-state index in [-0.39, 0.29) is 5.54 Å². The molecule has 14 heavy (non-hydrogen) atoms. The van der Waals surface area contributed by atoms with Crippen molar-refractivity contribution in [2.45, 2.75) is 32.9 Å². The van der Waals surface area contributed by atoms with Crippen molar-refractivity contribution >= 4 is 0 Å². The minimum absolute atomic E-state index is 0.158. The second-order valence-corrected chi connectivity index (χ2v) is 4.70. The Labute approximate surface area is 86.2 Å². The zero-order chi connectivity index (χ0) is 10.8. The minimum Gasteiger partial charge on any atom is -0.508 e. The quantitative estimate of drug-likeness (QED) is 0.780. The molecular weight excluding hydrogens is 174 g/mol. The van der Waals surface area contributed by atoms with Gasteiger partial charge in [-0.25, -0.2) is 0 Å². The number of hydrogen-bond acceptors (Lipinski definition) is 2. The van der Waals surface area contributed by atoms with Gasteiger partial charge in [-0.1, -0.05) is 12.1 Å². The van der Waals surface area contributed by atoms with E-state index < -0.39 is 0 Å². The Kier molecular flexibility index (Phi) is 3.17. The van der Waals surface area contributed by atoms with Gasteiger partial charge in [0.25, 0.3) is 0 Å². The van der Waals surface area contributed by atoms with Crippen LogP contribution in [0.3, 0.4) is 0 Å². The summed E-state index contributed by atoms with van der Waals surface area (Å²) in [6, 6.07) is 7.41. The van der Waals surface area contributed by atoms with Gasteiger partial charge in [0, 0.05) is 12.1 Å². The Morgan fingerprint density at radius 2 is 1.93 bits per heavy atom. The summed E-state index contributed by atoms with van der Waals surface area (Å²) in [5, 5.41) is 9.31. The molecule has 2 nitrogen and oxygen atoms in total. The first-order valence-corrected chi connectivity index (χ1v) is 4.89. The molecular formula is C12H19NO. The summed E-state index contributed by atoms with van der Waals surface area (Å²) in [6.45, 7) is 7.39. The average Bonchev–Trinajstić information content (AvgIpc) is 2.02. The number of nitrogens with zero attached hydrogens (tertiary/aromatic N) is 1. The van der Waals surface area contributed by atoms with Crippen molar-refractivity contribution in [1.82, 2.24) is 4.90 Å². The largest absolute Gasteiger partial charge is 0.508 e. The Morgan fingerprint density at radius 1 is 1.29 bits per heavy atom. The SMILES string of the molecule is CN(Cc1cccc(O)c1)C(C)(C)C. The van der Waals surface area contributed by atoms with Gasteiger partial charge < -0.3 is 5.11 Å². The summed E-state index contributed by atoms with van der Waals surface area (Å²) >= 11 is 0. The Balaban J connectivity index is 2.70. The molecule has 0 heterocycles. The number of aromatic hydroxyl groups is 1. The lowest BCUT2D eigenvalue weighted by atomic mass is 10.1. The van der Waals surface area contributed by atoms with Crippen LogP contribution in [0.4, 0.5) is 0 Å². The van der Waals surface area contributed by atoms with E-state index in [9.17, 15) is 5.11 Å². The van der Waals surface area contributed by atoms with Crippen molar-refractivity contribution in [1.29, 1.82) is 0 Å². The van der Waals surface area contributed by atoms with Crippen molar-refractivity contribution in [2.24, 2.45) is 0 Å². The van der Waals surface area contributed by atoms with Crippen LogP contribution in [0.25, 0.3) is 0 Å². The van der Waals surface area contributed by atoms with E-state index in [1.54, 1.807) is 6.07 Å². The summed E-state index contributed by atoms with van der Waals surface area (Å²) in [6.07, 6.45) is 0. The van der Waals surface area contributed by atoms with Crippen LogP contribution in [0.5, 0.6) is 5.75 Å². The van der Waals surface area contributed by atoms with Crippen LogP contribution in [-0.4, -0.2) is 22.6 Å². The Bertz CT molecular complexity index is 301. The lowest BCUT2D eigenvalue weighted by molar-refractivity contribution is 0.167. The minimum atomic E-state index is 0.158. The molecule has 1 rings (SSSR count). The number of benzene rings is 1. The number of phenols is 1. The fourth-order valence-electron chi connectivity index (χ4n) is 1.17. The molecule has 0 aliphatic rings. The predicted molar refractivity (Wildman–Crippen MR) is 59.3 cm³/mol. The van der Waals surface area contributed by atoms with E-state index in [0.29, 0.717) is 5.75 Å². The van der Waals surface area contributed by atoms with Gasteiger partial charge in [0.05, 0.1) is 0 Å². The highest BCUT2D eigenvalue weighted by Crippen LogP contribution is 2.17. The van der Waals surface area contributed by atoms with E-state index in [1.807, 2.05) is 18.2 Å². The molecule has 2 heteroatoms. The molecule has 0 spiro atoms. The van der Waals surface area contributed by atoms with Crippen molar-refractivity contribution in [3.8, 4) is 5.75 Å². The monoisotopic (exact) mass is 193 g/mol. The molecule has 0 aromatic heterocycles. The van der Waals surface area contributed by atoms with Crippen LogP contribution in [-0.2, 0) is 6.54 Å². The molecule has 0 atom stereocenters. The number of hydrogen-bond donors (Lipinski definition) is 1. The second kappa shape index (κ2) is 4.01. The van der Waals surface area contributed by atoms with Gasteiger partial charge in [0.1, 0.15) is 5.75 Å². The lowest BCUT2D eigenvalue weighted by Crippen LogP contribution is -2.37. The third kappa shape index (κ3) is 3.04. The van der Waals surface area contributed by atoms with E-state index >= 15 is 0 Å². The van der Waals surface area contributed by atoms with Crippen LogP contribution >= 0.6 is 0 Å². The molecule has 0 fully saturated rings. The molecule has 0 radical (unpaired) electrons.